The molecule has 0 aromatic rings. The fourth-order valence-electron chi connectivity index (χ4n) is 3.97. The molecule has 0 radical (unpaired) electrons. The molecule has 1 heterocycles. The van der Waals surface area contributed by atoms with Crippen LogP contribution in [0.15, 0.2) is 11.6 Å². The maximum absolute atomic E-state index is 12.2. The first-order chi connectivity index (χ1) is 10.2. The minimum absolute atomic E-state index is 0.124. The molecule has 0 bridgehead atoms. The van der Waals surface area contributed by atoms with Crippen molar-refractivity contribution in [3.63, 3.8) is 0 Å². The van der Waals surface area contributed by atoms with Gasteiger partial charge >= 0.3 is 0 Å². The second kappa shape index (κ2) is 7.98. The maximum atomic E-state index is 12.2. The number of hydrogen-bond donors (Lipinski definition) is 1. The maximum Gasteiger partial charge on any atom is 0.246 e. The van der Waals surface area contributed by atoms with Gasteiger partial charge in [0.2, 0.25) is 5.91 Å². The molecule has 1 N–H and O–H groups in total. The highest BCUT2D eigenvalue weighted by atomic mass is 16.1. The summed E-state index contributed by atoms with van der Waals surface area (Å²) in [5.41, 5.74) is 1.10. The van der Waals surface area contributed by atoms with E-state index in [-0.39, 0.29) is 11.4 Å². The molecule has 1 aliphatic heterocycles. The average molecular weight is 292 g/mol. The third-order valence-corrected chi connectivity index (χ3v) is 5.26. The largest absolute Gasteiger partial charge is 0.350 e. The third kappa shape index (κ3) is 4.32. The lowest BCUT2D eigenvalue weighted by atomic mass is 9.79. The normalized spacial score (nSPS) is 23.8. The summed E-state index contributed by atoms with van der Waals surface area (Å²) in [5.74, 6) is 0.124. The zero-order valence-electron chi connectivity index (χ0n) is 13.9. The Labute approximate surface area is 130 Å². The molecule has 1 saturated heterocycles. The van der Waals surface area contributed by atoms with Crippen molar-refractivity contribution in [2.75, 3.05) is 19.6 Å². The summed E-state index contributed by atoms with van der Waals surface area (Å²) in [5, 5.41) is 3.23. The Kier molecular flexibility index (Phi) is 6.28. The van der Waals surface area contributed by atoms with E-state index in [1.807, 2.05) is 13.0 Å². The molecule has 21 heavy (non-hydrogen) atoms. The van der Waals surface area contributed by atoms with Gasteiger partial charge in [0, 0.05) is 17.7 Å². The monoisotopic (exact) mass is 292 g/mol. The highest BCUT2D eigenvalue weighted by Gasteiger charge is 2.38. The number of carbonyl (C=O) groups excluding carboxylic acids is 1. The minimum Gasteiger partial charge on any atom is -0.350 e. The van der Waals surface area contributed by atoms with Crippen molar-refractivity contribution in [2.24, 2.45) is 0 Å². The van der Waals surface area contributed by atoms with Gasteiger partial charge in [-0.2, -0.15) is 0 Å². The molecule has 0 unspecified atom stereocenters. The topological polar surface area (TPSA) is 32.3 Å². The summed E-state index contributed by atoms with van der Waals surface area (Å²) in [4.78, 5) is 14.9. The second-order valence-corrected chi connectivity index (χ2v) is 6.81. The Morgan fingerprint density at radius 2 is 1.71 bits per heavy atom. The zero-order chi connectivity index (χ0) is 15.1. The molecule has 0 aromatic carbocycles. The van der Waals surface area contributed by atoms with E-state index < -0.39 is 0 Å². The van der Waals surface area contributed by atoms with E-state index in [4.69, 9.17) is 0 Å². The number of amides is 1. The molecule has 0 aromatic heterocycles. The first-order valence-electron chi connectivity index (χ1n) is 8.88. The van der Waals surface area contributed by atoms with Crippen LogP contribution >= 0.6 is 0 Å². The van der Waals surface area contributed by atoms with Gasteiger partial charge in [0.15, 0.2) is 0 Å². The minimum atomic E-state index is 0.124. The van der Waals surface area contributed by atoms with E-state index in [0.717, 1.165) is 18.5 Å². The number of carbonyl (C=O) groups is 1. The van der Waals surface area contributed by atoms with Crippen LogP contribution in [0.2, 0.25) is 0 Å². The standard InChI is InChI=1S/C18H32N2O/c1-3-10-16(2)17(21)19-15-18(11-6-4-7-12-18)20-13-8-5-9-14-20/h10H,3-9,11-15H2,1-2H3,(H,19,21)/b16-10+. The Balaban J connectivity index is 1.99. The molecule has 2 aliphatic rings. The predicted molar refractivity (Wildman–Crippen MR) is 88.3 cm³/mol. The summed E-state index contributed by atoms with van der Waals surface area (Å²) >= 11 is 0. The van der Waals surface area contributed by atoms with E-state index in [2.05, 4.69) is 17.1 Å². The van der Waals surface area contributed by atoms with Crippen molar-refractivity contribution >= 4 is 5.91 Å². The molecule has 2 rings (SSSR count). The fraction of sp³-hybridized carbons (Fsp3) is 0.833. The van der Waals surface area contributed by atoms with Crippen LogP contribution in [-0.4, -0.2) is 36.0 Å². The Hall–Kier alpha value is -0.830. The lowest BCUT2D eigenvalue weighted by molar-refractivity contribution is -0.118. The van der Waals surface area contributed by atoms with E-state index >= 15 is 0 Å². The molecule has 0 atom stereocenters. The predicted octanol–water partition coefficient (Wildman–Crippen LogP) is 3.65. The molecule has 1 saturated carbocycles. The molecule has 3 heteroatoms. The summed E-state index contributed by atoms with van der Waals surface area (Å²) < 4.78 is 0. The smallest absolute Gasteiger partial charge is 0.246 e. The number of likely N-dealkylation sites (tertiary alicyclic amines) is 1. The lowest BCUT2D eigenvalue weighted by Crippen LogP contribution is -2.58. The number of allylic oxidation sites excluding steroid dienone is 1. The van der Waals surface area contributed by atoms with Gasteiger partial charge in [0.25, 0.3) is 0 Å². The fourth-order valence-corrected chi connectivity index (χ4v) is 3.97. The molecular formula is C18H32N2O. The first-order valence-corrected chi connectivity index (χ1v) is 8.88. The van der Waals surface area contributed by atoms with Crippen LogP contribution in [0.5, 0.6) is 0 Å². The van der Waals surface area contributed by atoms with E-state index in [1.165, 1.54) is 64.5 Å². The highest BCUT2D eigenvalue weighted by Crippen LogP contribution is 2.35. The number of rotatable bonds is 5. The number of nitrogens with one attached hydrogen (secondary N) is 1. The van der Waals surface area contributed by atoms with Crippen LogP contribution < -0.4 is 5.32 Å². The molecule has 0 spiro atoms. The molecule has 1 amide bonds. The van der Waals surface area contributed by atoms with Gasteiger partial charge in [-0.25, -0.2) is 0 Å². The van der Waals surface area contributed by atoms with E-state index in [0.29, 0.717) is 0 Å². The highest BCUT2D eigenvalue weighted by molar-refractivity contribution is 5.92. The quantitative estimate of drug-likeness (QED) is 0.785. The van der Waals surface area contributed by atoms with Crippen molar-refractivity contribution in [3.05, 3.63) is 11.6 Å². The zero-order valence-corrected chi connectivity index (χ0v) is 13.9. The second-order valence-electron chi connectivity index (χ2n) is 6.81. The number of nitrogens with zero attached hydrogens (tertiary/aromatic N) is 1. The first kappa shape index (κ1) is 16.5. The van der Waals surface area contributed by atoms with E-state index in [1.54, 1.807) is 0 Å². The van der Waals surface area contributed by atoms with Crippen LogP contribution in [0, 0.1) is 0 Å². The van der Waals surface area contributed by atoms with Crippen LogP contribution in [0.25, 0.3) is 0 Å². The van der Waals surface area contributed by atoms with E-state index in [9.17, 15) is 4.79 Å². The number of piperidine rings is 1. The van der Waals surface area contributed by atoms with Gasteiger partial charge in [-0.05, 0) is 52.1 Å². The van der Waals surface area contributed by atoms with Crippen molar-refractivity contribution in [3.8, 4) is 0 Å². The molecular weight excluding hydrogens is 260 g/mol. The van der Waals surface area contributed by atoms with Gasteiger partial charge < -0.3 is 5.32 Å². The summed E-state index contributed by atoms with van der Waals surface area (Å²) in [6.07, 6.45) is 13.5. The van der Waals surface area contributed by atoms with Crippen LogP contribution in [0.4, 0.5) is 0 Å². The Morgan fingerprint density at radius 3 is 2.33 bits per heavy atom. The summed E-state index contributed by atoms with van der Waals surface area (Å²) in [6.45, 7) is 7.28. The summed E-state index contributed by atoms with van der Waals surface area (Å²) in [6, 6.07) is 0. The lowest BCUT2D eigenvalue weighted by Gasteiger charge is -2.48. The molecule has 120 valence electrons. The third-order valence-electron chi connectivity index (χ3n) is 5.26. The van der Waals surface area contributed by atoms with Crippen molar-refractivity contribution in [1.82, 2.24) is 10.2 Å². The van der Waals surface area contributed by atoms with Crippen LogP contribution in [0.3, 0.4) is 0 Å². The molecule has 3 nitrogen and oxygen atoms in total. The average Bonchev–Trinajstić information content (AvgIpc) is 2.54. The van der Waals surface area contributed by atoms with Gasteiger partial charge in [-0.15, -0.1) is 0 Å². The molecule has 2 fully saturated rings. The summed E-state index contributed by atoms with van der Waals surface area (Å²) in [7, 11) is 0. The van der Waals surface area contributed by atoms with Crippen LogP contribution in [-0.2, 0) is 4.79 Å². The van der Waals surface area contributed by atoms with Crippen molar-refractivity contribution in [2.45, 2.75) is 77.2 Å². The SMILES string of the molecule is CC/C=C(\C)C(=O)NCC1(N2CCCCC2)CCCCC1. The number of hydrogen-bond acceptors (Lipinski definition) is 2. The Morgan fingerprint density at radius 1 is 1.10 bits per heavy atom. The van der Waals surface area contributed by atoms with Crippen LogP contribution in [0.1, 0.15) is 71.6 Å². The van der Waals surface area contributed by atoms with Gasteiger partial charge in [0.1, 0.15) is 0 Å². The van der Waals surface area contributed by atoms with Gasteiger partial charge in [0.05, 0.1) is 0 Å². The van der Waals surface area contributed by atoms with Gasteiger partial charge in [-0.1, -0.05) is 38.7 Å². The molecule has 1 aliphatic carbocycles. The Bertz CT molecular complexity index is 363. The van der Waals surface area contributed by atoms with Gasteiger partial charge in [-0.3, -0.25) is 9.69 Å². The van der Waals surface area contributed by atoms with Crippen molar-refractivity contribution < 1.29 is 4.79 Å². The van der Waals surface area contributed by atoms with Crippen molar-refractivity contribution in [1.29, 1.82) is 0 Å².